The third kappa shape index (κ3) is 4.51. The lowest BCUT2D eigenvalue weighted by atomic mass is 10.1. The average Bonchev–Trinajstić information content (AvgIpc) is 3.06. The van der Waals surface area contributed by atoms with Crippen LogP contribution in [0.2, 0.25) is 0 Å². The van der Waals surface area contributed by atoms with Gasteiger partial charge in [-0.3, -0.25) is 9.59 Å². The SMILES string of the molecule is COc1ccc(/C=C\C(=O)NCC2CC(=O)N(c3ccccc3)C2)cc1. The predicted molar refractivity (Wildman–Crippen MR) is 102 cm³/mol. The lowest BCUT2D eigenvalue weighted by molar-refractivity contribution is -0.118. The Morgan fingerprint density at radius 2 is 1.92 bits per heavy atom. The van der Waals surface area contributed by atoms with Crippen LogP contribution in [0.4, 0.5) is 5.69 Å². The molecule has 2 aromatic carbocycles. The molecule has 0 spiro atoms. The van der Waals surface area contributed by atoms with E-state index in [0.717, 1.165) is 17.0 Å². The van der Waals surface area contributed by atoms with E-state index in [9.17, 15) is 9.59 Å². The Morgan fingerprint density at radius 3 is 2.62 bits per heavy atom. The van der Waals surface area contributed by atoms with Gasteiger partial charge in [-0.25, -0.2) is 0 Å². The smallest absolute Gasteiger partial charge is 0.244 e. The molecule has 0 aliphatic carbocycles. The summed E-state index contributed by atoms with van der Waals surface area (Å²) >= 11 is 0. The molecule has 0 saturated carbocycles. The number of para-hydroxylation sites is 1. The van der Waals surface area contributed by atoms with Gasteiger partial charge in [0.15, 0.2) is 0 Å². The Labute approximate surface area is 153 Å². The van der Waals surface area contributed by atoms with Crippen molar-refractivity contribution in [3.05, 3.63) is 66.2 Å². The van der Waals surface area contributed by atoms with E-state index in [1.807, 2.05) is 54.6 Å². The van der Waals surface area contributed by atoms with Gasteiger partial charge in [-0.05, 0) is 35.9 Å². The first kappa shape index (κ1) is 17.7. The number of nitrogens with one attached hydrogen (secondary N) is 1. The van der Waals surface area contributed by atoms with Crippen LogP contribution in [-0.2, 0) is 9.59 Å². The summed E-state index contributed by atoms with van der Waals surface area (Å²) in [4.78, 5) is 26.0. The Bertz CT molecular complexity index is 785. The fourth-order valence-corrected chi connectivity index (χ4v) is 2.97. The minimum atomic E-state index is -0.161. The molecule has 5 nitrogen and oxygen atoms in total. The first-order valence-electron chi connectivity index (χ1n) is 8.61. The quantitative estimate of drug-likeness (QED) is 0.815. The monoisotopic (exact) mass is 350 g/mol. The van der Waals surface area contributed by atoms with Gasteiger partial charge in [0.1, 0.15) is 5.75 Å². The number of benzene rings is 2. The van der Waals surface area contributed by atoms with Crippen molar-refractivity contribution >= 4 is 23.6 Å². The number of anilines is 1. The van der Waals surface area contributed by atoms with Gasteiger partial charge in [0.25, 0.3) is 0 Å². The number of carbonyl (C=O) groups excluding carboxylic acids is 2. The highest BCUT2D eigenvalue weighted by atomic mass is 16.5. The van der Waals surface area contributed by atoms with Crippen molar-refractivity contribution < 1.29 is 14.3 Å². The van der Waals surface area contributed by atoms with Gasteiger partial charge in [0.05, 0.1) is 7.11 Å². The molecule has 1 N–H and O–H groups in total. The molecule has 2 aromatic rings. The molecule has 134 valence electrons. The van der Waals surface area contributed by atoms with E-state index in [4.69, 9.17) is 4.74 Å². The summed E-state index contributed by atoms with van der Waals surface area (Å²) in [6.45, 7) is 1.12. The highest BCUT2D eigenvalue weighted by Gasteiger charge is 2.30. The third-order valence-electron chi connectivity index (χ3n) is 4.38. The van der Waals surface area contributed by atoms with Crippen LogP contribution in [0, 0.1) is 5.92 Å². The normalized spacial score (nSPS) is 16.9. The second-order valence-corrected chi connectivity index (χ2v) is 6.26. The van der Waals surface area contributed by atoms with Gasteiger partial charge in [-0.2, -0.15) is 0 Å². The van der Waals surface area contributed by atoms with E-state index >= 15 is 0 Å². The molecule has 0 bridgehead atoms. The minimum absolute atomic E-state index is 0.101. The predicted octanol–water partition coefficient (Wildman–Crippen LogP) is 2.88. The first-order chi connectivity index (χ1) is 12.7. The van der Waals surface area contributed by atoms with Gasteiger partial charge in [-0.15, -0.1) is 0 Å². The zero-order valence-corrected chi connectivity index (χ0v) is 14.7. The Morgan fingerprint density at radius 1 is 1.19 bits per heavy atom. The van der Waals surface area contributed by atoms with E-state index in [2.05, 4.69) is 5.32 Å². The summed E-state index contributed by atoms with van der Waals surface area (Å²) < 4.78 is 5.10. The number of carbonyl (C=O) groups is 2. The number of hydrogen-bond donors (Lipinski definition) is 1. The van der Waals surface area contributed by atoms with Gasteiger partial charge < -0.3 is 15.0 Å². The lowest BCUT2D eigenvalue weighted by Gasteiger charge is -2.16. The van der Waals surface area contributed by atoms with Crippen molar-refractivity contribution in [1.82, 2.24) is 5.32 Å². The maximum atomic E-state index is 12.2. The molecule has 0 aromatic heterocycles. The van der Waals surface area contributed by atoms with Gasteiger partial charge in [0, 0.05) is 37.2 Å². The summed E-state index contributed by atoms with van der Waals surface area (Å²) in [6.07, 6.45) is 3.72. The standard InChI is InChI=1S/C21H22N2O3/c1-26-19-10-7-16(8-11-19)9-12-20(24)22-14-17-13-21(25)23(15-17)18-5-3-2-4-6-18/h2-12,17H,13-15H2,1H3,(H,22,24)/b12-9-. The molecule has 1 heterocycles. The maximum absolute atomic E-state index is 12.2. The molecule has 1 fully saturated rings. The van der Waals surface area contributed by atoms with Crippen molar-refractivity contribution in [2.45, 2.75) is 6.42 Å². The molecule has 1 saturated heterocycles. The van der Waals surface area contributed by atoms with E-state index in [0.29, 0.717) is 19.5 Å². The van der Waals surface area contributed by atoms with Gasteiger partial charge >= 0.3 is 0 Å². The summed E-state index contributed by atoms with van der Waals surface area (Å²) in [5.41, 5.74) is 1.83. The summed E-state index contributed by atoms with van der Waals surface area (Å²) in [7, 11) is 1.62. The molecule has 1 aliphatic rings. The number of nitrogens with zero attached hydrogens (tertiary/aromatic N) is 1. The number of hydrogen-bond acceptors (Lipinski definition) is 3. The molecule has 0 radical (unpaired) electrons. The van der Waals surface area contributed by atoms with Crippen molar-refractivity contribution in [1.29, 1.82) is 0 Å². The molecule has 2 amide bonds. The Kier molecular flexibility index (Phi) is 5.69. The fourth-order valence-electron chi connectivity index (χ4n) is 2.97. The highest BCUT2D eigenvalue weighted by Crippen LogP contribution is 2.24. The van der Waals surface area contributed by atoms with Gasteiger partial charge in [0.2, 0.25) is 11.8 Å². The summed E-state index contributed by atoms with van der Waals surface area (Å²) in [6, 6.07) is 17.1. The van der Waals surface area contributed by atoms with E-state index in [1.165, 1.54) is 6.08 Å². The van der Waals surface area contributed by atoms with Crippen LogP contribution in [0.1, 0.15) is 12.0 Å². The van der Waals surface area contributed by atoms with Crippen molar-refractivity contribution in [3.8, 4) is 5.75 Å². The molecular formula is C21H22N2O3. The molecule has 1 unspecified atom stereocenters. The van der Waals surface area contributed by atoms with Crippen LogP contribution < -0.4 is 15.0 Å². The van der Waals surface area contributed by atoms with Crippen molar-refractivity contribution in [3.63, 3.8) is 0 Å². The summed E-state index contributed by atoms with van der Waals surface area (Å²) in [5.74, 6) is 0.845. The van der Waals surface area contributed by atoms with Gasteiger partial charge in [-0.1, -0.05) is 30.3 Å². The molecule has 26 heavy (non-hydrogen) atoms. The van der Waals surface area contributed by atoms with Crippen molar-refractivity contribution in [2.24, 2.45) is 5.92 Å². The highest BCUT2D eigenvalue weighted by molar-refractivity contribution is 5.96. The van der Waals surface area contributed by atoms with Crippen LogP contribution >= 0.6 is 0 Å². The largest absolute Gasteiger partial charge is 0.497 e. The third-order valence-corrected chi connectivity index (χ3v) is 4.38. The van der Waals surface area contributed by atoms with E-state index in [-0.39, 0.29) is 17.7 Å². The Hall–Kier alpha value is -3.08. The molecular weight excluding hydrogens is 328 g/mol. The zero-order chi connectivity index (χ0) is 18.4. The number of rotatable bonds is 6. The molecule has 1 atom stereocenters. The first-order valence-corrected chi connectivity index (χ1v) is 8.61. The molecule has 3 rings (SSSR count). The van der Waals surface area contributed by atoms with Crippen molar-refractivity contribution in [2.75, 3.05) is 25.1 Å². The second-order valence-electron chi connectivity index (χ2n) is 6.26. The Balaban J connectivity index is 1.48. The lowest BCUT2D eigenvalue weighted by Crippen LogP contribution is -2.30. The van der Waals surface area contributed by atoms with E-state index in [1.54, 1.807) is 18.1 Å². The van der Waals surface area contributed by atoms with Crippen LogP contribution in [0.5, 0.6) is 5.75 Å². The van der Waals surface area contributed by atoms with Crippen LogP contribution in [0.25, 0.3) is 6.08 Å². The van der Waals surface area contributed by atoms with Crippen LogP contribution in [0.3, 0.4) is 0 Å². The minimum Gasteiger partial charge on any atom is -0.497 e. The fraction of sp³-hybridized carbons (Fsp3) is 0.238. The molecule has 5 heteroatoms. The maximum Gasteiger partial charge on any atom is 0.244 e. The van der Waals surface area contributed by atoms with Crippen LogP contribution in [-0.4, -0.2) is 32.0 Å². The summed E-state index contributed by atoms with van der Waals surface area (Å²) in [5, 5.41) is 2.88. The number of amides is 2. The molecule has 1 aliphatic heterocycles. The van der Waals surface area contributed by atoms with E-state index < -0.39 is 0 Å². The number of methoxy groups -OCH3 is 1. The van der Waals surface area contributed by atoms with Crippen LogP contribution in [0.15, 0.2) is 60.7 Å². The topological polar surface area (TPSA) is 58.6 Å². The second kappa shape index (κ2) is 8.34. The zero-order valence-electron chi connectivity index (χ0n) is 14.7. The number of ether oxygens (including phenoxy) is 1. The average molecular weight is 350 g/mol.